The highest BCUT2D eigenvalue weighted by atomic mass is 19.4. The molecule has 2 aromatic heterocycles. The maximum absolute atomic E-state index is 12.2. The van der Waals surface area contributed by atoms with E-state index in [0.29, 0.717) is 12.4 Å². The molecule has 0 spiro atoms. The summed E-state index contributed by atoms with van der Waals surface area (Å²) in [5.74, 6) is -1.48. The van der Waals surface area contributed by atoms with Crippen LogP contribution in [0, 0.1) is 0 Å². The number of alkyl halides is 3. The van der Waals surface area contributed by atoms with Gasteiger partial charge in [0.1, 0.15) is 18.7 Å². The molecule has 0 unspecified atom stereocenters. The molecule has 10 heteroatoms. The van der Waals surface area contributed by atoms with Crippen molar-refractivity contribution in [3.8, 4) is 0 Å². The highest BCUT2D eigenvalue weighted by Gasteiger charge is 2.41. The Kier molecular flexibility index (Phi) is 3.81. The number of halogens is 3. The first-order valence-electron chi connectivity index (χ1n) is 5.80. The Morgan fingerprint density at radius 1 is 1.40 bits per heavy atom. The van der Waals surface area contributed by atoms with E-state index in [1.807, 2.05) is 6.92 Å². The van der Waals surface area contributed by atoms with Gasteiger partial charge in [-0.15, -0.1) is 5.10 Å². The van der Waals surface area contributed by atoms with Crippen LogP contribution < -0.4 is 0 Å². The number of Topliss-reactive ketones (excluding diaryl/α,β-unsaturated/α-hetero) is 1. The second-order valence-electron chi connectivity index (χ2n) is 4.03. The molecule has 0 saturated heterocycles. The van der Waals surface area contributed by atoms with Crippen LogP contribution >= 0.6 is 0 Å². The first-order chi connectivity index (χ1) is 9.41. The average Bonchev–Trinajstić information content (AvgIpc) is 2.98. The van der Waals surface area contributed by atoms with Crippen LogP contribution in [0.2, 0.25) is 0 Å². The fourth-order valence-corrected chi connectivity index (χ4v) is 1.58. The Hall–Kier alpha value is -2.26. The Bertz CT molecular complexity index is 602. The minimum atomic E-state index is -4.96. The first-order valence-corrected chi connectivity index (χ1v) is 5.80. The minimum Gasteiger partial charge on any atom is -0.282 e. The van der Waals surface area contributed by atoms with E-state index in [9.17, 15) is 18.0 Å². The zero-order valence-corrected chi connectivity index (χ0v) is 10.5. The molecule has 0 radical (unpaired) electrons. The van der Waals surface area contributed by atoms with Crippen LogP contribution in [0.3, 0.4) is 0 Å². The molecule has 0 saturated carbocycles. The molecule has 2 heterocycles. The van der Waals surface area contributed by atoms with Crippen molar-refractivity contribution in [1.29, 1.82) is 0 Å². The normalized spacial score (nSPS) is 11.8. The van der Waals surface area contributed by atoms with Gasteiger partial charge in [-0.05, 0) is 6.42 Å². The van der Waals surface area contributed by atoms with E-state index in [4.69, 9.17) is 0 Å². The van der Waals surface area contributed by atoms with Gasteiger partial charge in [0.25, 0.3) is 5.78 Å². The standard InChI is InChI=1S/C10H11F3N6O/c1-2-3-19-8(14-6-15-19)5-18-4-7(16-17-18)9(20)10(11,12)13/h4,6H,2-3,5H2,1H3. The van der Waals surface area contributed by atoms with Crippen molar-refractivity contribution in [3.63, 3.8) is 0 Å². The number of rotatable bonds is 5. The highest BCUT2D eigenvalue weighted by Crippen LogP contribution is 2.19. The number of hydrogen-bond donors (Lipinski definition) is 0. The third-order valence-electron chi connectivity index (χ3n) is 2.46. The summed E-state index contributed by atoms with van der Waals surface area (Å²) in [6.45, 7) is 2.69. The van der Waals surface area contributed by atoms with Crippen molar-refractivity contribution in [3.05, 3.63) is 24.0 Å². The highest BCUT2D eigenvalue weighted by molar-refractivity contribution is 5.98. The molecule has 0 aliphatic carbocycles. The van der Waals surface area contributed by atoms with E-state index >= 15 is 0 Å². The second kappa shape index (κ2) is 5.39. The summed E-state index contributed by atoms with van der Waals surface area (Å²) in [6, 6.07) is 0. The quantitative estimate of drug-likeness (QED) is 0.769. The van der Waals surface area contributed by atoms with Crippen molar-refractivity contribution in [2.24, 2.45) is 0 Å². The molecule has 0 bridgehead atoms. The third-order valence-corrected chi connectivity index (χ3v) is 2.46. The van der Waals surface area contributed by atoms with E-state index in [1.54, 1.807) is 4.68 Å². The monoisotopic (exact) mass is 288 g/mol. The Morgan fingerprint density at radius 3 is 2.80 bits per heavy atom. The van der Waals surface area contributed by atoms with Crippen LogP contribution in [0.5, 0.6) is 0 Å². The van der Waals surface area contributed by atoms with E-state index in [1.165, 1.54) is 6.33 Å². The summed E-state index contributed by atoms with van der Waals surface area (Å²) in [7, 11) is 0. The minimum absolute atomic E-state index is 0.0954. The molecule has 20 heavy (non-hydrogen) atoms. The number of nitrogens with zero attached hydrogens (tertiary/aromatic N) is 6. The zero-order valence-electron chi connectivity index (χ0n) is 10.5. The lowest BCUT2D eigenvalue weighted by atomic mass is 10.3. The molecular weight excluding hydrogens is 277 g/mol. The van der Waals surface area contributed by atoms with Crippen LogP contribution in [0.1, 0.15) is 29.7 Å². The second-order valence-corrected chi connectivity index (χ2v) is 4.03. The Balaban J connectivity index is 2.14. The van der Waals surface area contributed by atoms with Crippen molar-refractivity contribution in [2.45, 2.75) is 32.6 Å². The maximum Gasteiger partial charge on any atom is 0.456 e. The third kappa shape index (κ3) is 3.00. The number of hydrogen-bond acceptors (Lipinski definition) is 5. The molecule has 2 aromatic rings. The van der Waals surface area contributed by atoms with E-state index in [0.717, 1.165) is 17.3 Å². The van der Waals surface area contributed by atoms with Crippen molar-refractivity contribution in [1.82, 2.24) is 29.8 Å². The molecule has 0 N–H and O–H groups in total. The predicted molar refractivity (Wildman–Crippen MR) is 59.8 cm³/mol. The average molecular weight is 288 g/mol. The maximum atomic E-state index is 12.2. The Labute approximate surface area is 111 Å². The number of ketones is 1. The summed E-state index contributed by atoms with van der Waals surface area (Å²) < 4.78 is 39.4. The number of aromatic nitrogens is 6. The van der Waals surface area contributed by atoms with Gasteiger partial charge in [-0.3, -0.25) is 4.79 Å². The van der Waals surface area contributed by atoms with Gasteiger partial charge in [0.05, 0.1) is 6.20 Å². The molecule has 0 aliphatic rings. The van der Waals surface area contributed by atoms with Gasteiger partial charge in [-0.2, -0.15) is 18.3 Å². The van der Waals surface area contributed by atoms with Crippen LogP contribution in [-0.2, 0) is 13.1 Å². The first kappa shape index (κ1) is 14.2. The van der Waals surface area contributed by atoms with Gasteiger partial charge in [0.15, 0.2) is 5.69 Å². The van der Waals surface area contributed by atoms with Crippen LogP contribution in [0.4, 0.5) is 13.2 Å². The summed E-state index contributed by atoms with van der Waals surface area (Å²) in [5.41, 5.74) is -0.737. The molecule has 0 aliphatic heterocycles. The molecular formula is C10H11F3N6O. The number of carbonyl (C=O) groups is 1. The van der Waals surface area contributed by atoms with Gasteiger partial charge in [0, 0.05) is 6.54 Å². The summed E-state index contributed by atoms with van der Waals surface area (Å²) >= 11 is 0. The lowest BCUT2D eigenvalue weighted by Crippen LogP contribution is -2.23. The van der Waals surface area contributed by atoms with E-state index in [2.05, 4.69) is 20.4 Å². The molecule has 2 rings (SSSR count). The molecule has 0 atom stereocenters. The van der Waals surface area contributed by atoms with Crippen LogP contribution in [-0.4, -0.2) is 41.7 Å². The molecule has 0 amide bonds. The van der Waals surface area contributed by atoms with Gasteiger partial charge in [-0.1, -0.05) is 12.1 Å². The van der Waals surface area contributed by atoms with Gasteiger partial charge in [0.2, 0.25) is 0 Å². The molecule has 7 nitrogen and oxygen atoms in total. The van der Waals surface area contributed by atoms with Crippen molar-refractivity contribution >= 4 is 5.78 Å². The lowest BCUT2D eigenvalue weighted by Gasteiger charge is -2.03. The van der Waals surface area contributed by atoms with Crippen LogP contribution in [0.25, 0.3) is 0 Å². The predicted octanol–water partition coefficient (Wildman–Crippen LogP) is 1.07. The van der Waals surface area contributed by atoms with Gasteiger partial charge in [-0.25, -0.2) is 14.3 Å². The SMILES string of the molecule is CCCn1ncnc1Cn1cc(C(=O)C(F)(F)F)nn1. The van der Waals surface area contributed by atoms with Gasteiger partial charge < -0.3 is 0 Å². The largest absolute Gasteiger partial charge is 0.456 e. The number of carbonyl (C=O) groups excluding carboxylic acids is 1. The number of aryl methyl sites for hydroxylation is 1. The van der Waals surface area contributed by atoms with Gasteiger partial charge >= 0.3 is 6.18 Å². The van der Waals surface area contributed by atoms with Crippen molar-refractivity contribution in [2.75, 3.05) is 0 Å². The smallest absolute Gasteiger partial charge is 0.282 e. The fourth-order valence-electron chi connectivity index (χ4n) is 1.58. The molecule has 0 fully saturated rings. The molecule has 0 aromatic carbocycles. The van der Waals surface area contributed by atoms with Crippen molar-refractivity contribution < 1.29 is 18.0 Å². The van der Waals surface area contributed by atoms with E-state index in [-0.39, 0.29) is 6.54 Å². The topological polar surface area (TPSA) is 78.5 Å². The fraction of sp³-hybridized carbons (Fsp3) is 0.500. The zero-order chi connectivity index (χ0) is 14.8. The van der Waals surface area contributed by atoms with E-state index < -0.39 is 17.7 Å². The molecule has 108 valence electrons. The summed E-state index contributed by atoms with van der Waals surface area (Å²) in [5, 5.41) is 10.7. The summed E-state index contributed by atoms with van der Waals surface area (Å²) in [6.07, 6.45) is -1.82. The van der Waals surface area contributed by atoms with Crippen LogP contribution in [0.15, 0.2) is 12.5 Å². The Morgan fingerprint density at radius 2 is 2.15 bits per heavy atom. The summed E-state index contributed by atoms with van der Waals surface area (Å²) in [4.78, 5) is 15.0. The lowest BCUT2D eigenvalue weighted by molar-refractivity contribution is -0.0888.